The van der Waals surface area contributed by atoms with E-state index < -0.39 is 54.9 Å². The van der Waals surface area contributed by atoms with E-state index in [0.29, 0.717) is 6.07 Å². The van der Waals surface area contributed by atoms with Gasteiger partial charge in [-0.1, -0.05) is 46.4 Å². The Kier molecular flexibility index (Phi) is 8.16. The number of halogens is 8. The molecule has 2 aromatic carbocycles. The minimum atomic E-state index is -3.66. The molecule has 0 radical (unpaired) electrons. The lowest BCUT2D eigenvalue weighted by Crippen LogP contribution is -2.46. The molecule has 0 aliphatic rings. The largest absolute Gasteiger partial charge is 0.494 e. The van der Waals surface area contributed by atoms with E-state index in [0.717, 1.165) is 0 Å². The zero-order valence-corrected chi connectivity index (χ0v) is 20.6. The number of rotatable bonds is 8. The smallest absolute Gasteiger partial charge is 0.334 e. The van der Waals surface area contributed by atoms with Gasteiger partial charge in [-0.2, -0.15) is 0 Å². The van der Waals surface area contributed by atoms with Crippen LogP contribution in [0, 0.1) is 0 Å². The highest BCUT2D eigenvalue weighted by Gasteiger charge is 2.35. The molecule has 0 atom stereocenters. The second-order valence-corrected chi connectivity index (χ2v) is 9.66. The summed E-state index contributed by atoms with van der Waals surface area (Å²) in [6, 6.07) is 8.06. The fourth-order valence-corrected chi connectivity index (χ4v) is 4.64. The number of hydrogen-bond acceptors (Lipinski definition) is 3. The zero-order chi connectivity index (χ0) is 26.1. The highest BCUT2D eigenvalue weighted by atomic mass is 35.5. The second-order valence-electron chi connectivity index (χ2n) is 7.92. The molecule has 3 aromatic rings. The molecular formula is C22H16Cl4F4N2O3. The van der Waals surface area contributed by atoms with Crippen LogP contribution in [-0.2, 0) is 25.9 Å². The summed E-state index contributed by atoms with van der Waals surface area (Å²) in [4.78, 5) is 24.9. The molecule has 0 aliphatic carbocycles. The van der Waals surface area contributed by atoms with E-state index in [2.05, 4.69) is 0 Å². The van der Waals surface area contributed by atoms with Crippen molar-refractivity contribution in [2.45, 2.75) is 37.8 Å². The summed E-state index contributed by atoms with van der Waals surface area (Å²) in [6.45, 7) is -2.82. The standard InChI is InChI=1S/C22H16Cl4F4N2O3/c23-14-1-12(2-15(24)5-14)8-21(27,28)10-31-18(33)7-19(34)32(20(31)35)11-22(29,30)9-13-3-16(25)6-17(26)4-13/h1-7,33H,8-11H2. The highest BCUT2D eigenvalue weighted by Crippen LogP contribution is 2.28. The van der Waals surface area contributed by atoms with Crippen LogP contribution in [0.4, 0.5) is 17.6 Å². The van der Waals surface area contributed by atoms with Crippen LogP contribution in [0.1, 0.15) is 11.1 Å². The molecule has 1 N–H and O–H groups in total. The fourth-order valence-electron chi connectivity index (χ4n) is 3.50. The average Bonchev–Trinajstić information content (AvgIpc) is 2.66. The van der Waals surface area contributed by atoms with Crippen molar-refractivity contribution < 1.29 is 22.7 Å². The maximum absolute atomic E-state index is 14.7. The third-order valence-corrected chi connectivity index (χ3v) is 5.68. The van der Waals surface area contributed by atoms with E-state index in [9.17, 15) is 32.3 Å². The summed E-state index contributed by atoms with van der Waals surface area (Å²) in [7, 11) is 0. The minimum absolute atomic E-state index is 0.0337. The monoisotopic (exact) mass is 572 g/mol. The molecular weight excluding hydrogens is 558 g/mol. The van der Waals surface area contributed by atoms with E-state index in [1.165, 1.54) is 36.4 Å². The molecule has 0 unspecified atom stereocenters. The molecule has 35 heavy (non-hydrogen) atoms. The molecule has 1 heterocycles. The van der Waals surface area contributed by atoms with Crippen LogP contribution in [0.25, 0.3) is 0 Å². The molecule has 1 aromatic heterocycles. The molecule has 188 valence electrons. The summed E-state index contributed by atoms with van der Waals surface area (Å²) in [6.07, 6.45) is -1.87. The first-order valence-corrected chi connectivity index (χ1v) is 11.3. The number of benzene rings is 2. The molecule has 0 bridgehead atoms. The van der Waals surface area contributed by atoms with Gasteiger partial charge in [-0.25, -0.2) is 22.4 Å². The van der Waals surface area contributed by atoms with Crippen molar-refractivity contribution in [1.82, 2.24) is 9.13 Å². The van der Waals surface area contributed by atoms with Crippen molar-refractivity contribution in [1.29, 1.82) is 0 Å². The predicted molar refractivity (Wildman–Crippen MR) is 127 cm³/mol. The number of aromatic nitrogens is 2. The van der Waals surface area contributed by atoms with Gasteiger partial charge in [0.05, 0.1) is 19.2 Å². The quantitative estimate of drug-likeness (QED) is 0.332. The molecule has 5 nitrogen and oxygen atoms in total. The maximum Gasteiger partial charge on any atom is 0.334 e. The van der Waals surface area contributed by atoms with Crippen molar-refractivity contribution in [3.05, 3.63) is 94.5 Å². The summed E-state index contributed by atoms with van der Waals surface area (Å²) in [5.41, 5.74) is -2.73. The van der Waals surface area contributed by atoms with Crippen LogP contribution in [0.3, 0.4) is 0 Å². The van der Waals surface area contributed by atoms with E-state index >= 15 is 0 Å². The zero-order valence-electron chi connectivity index (χ0n) is 17.6. The third-order valence-electron chi connectivity index (χ3n) is 4.81. The van der Waals surface area contributed by atoms with Crippen LogP contribution < -0.4 is 11.2 Å². The van der Waals surface area contributed by atoms with Crippen LogP contribution in [-0.4, -0.2) is 26.1 Å². The number of hydrogen-bond donors (Lipinski definition) is 1. The summed E-state index contributed by atoms with van der Waals surface area (Å²) < 4.78 is 59.1. The van der Waals surface area contributed by atoms with E-state index in [1.807, 2.05) is 0 Å². The van der Waals surface area contributed by atoms with Gasteiger partial charge in [-0.3, -0.25) is 13.9 Å². The first-order chi connectivity index (χ1) is 16.1. The topological polar surface area (TPSA) is 64.2 Å². The summed E-state index contributed by atoms with van der Waals surface area (Å²) in [5, 5.41) is 10.4. The van der Waals surface area contributed by atoms with Gasteiger partial charge >= 0.3 is 5.69 Å². The Labute approximate surface area is 216 Å². The molecule has 0 saturated carbocycles. The Balaban J connectivity index is 1.89. The Bertz CT molecular complexity index is 1340. The Hall–Kier alpha value is -2.20. The molecule has 0 aliphatic heterocycles. The van der Waals surface area contributed by atoms with Crippen LogP contribution in [0.15, 0.2) is 52.1 Å². The van der Waals surface area contributed by atoms with E-state index in [-0.39, 0.29) is 40.4 Å². The van der Waals surface area contributed by atoms with Crippen molar-refractivity contribution >= 4 is 46.4 Å². The third kappa shape index (κ3) is 7.39. The van der Waals surface area contributed by atoms with Gasteiger partial charge in [-0.15, -0.1) is 0 Å². The lowest BCUT2D eigenvalue weighted by molar-refractivity contribution is -0.0247. The minimum Gasteiger partial charge on any atom is -0.494 e. The normalized spacial score (nSPS) is 12.2. The SMILES string of the molecule is O=c1cc(O)n(CC(F)(F)Cc2cc(Cl)cc(Cl)c2)c(=O)n1CC(F)(F)Cc1cc(Cl)cc(Cl)c1. The van der Waals surface area contributed by atoms with E-state index in [1.54, 1.807) is 0 Å². The van der Waals surface area contributed by atoms with Crippen molar-refractivity contribution in [3.8, 4) is 5.88 Å². The first-order valence-electron chi connectivity index (χ1n) is 9.83. The second kappa shape index (κ2) is 10.4. The first kappa shape index (κ1) is 27.4. The summed E-state index contributed by atoms with van der Waals surface area (Å²) >= 11 is 23.3. The molecule has 0 amide bonds. The van der Waals surface area contributed by atoms with Gasteiger partial charge < -0.3 is 5.11 Å². The molecule has 0 fully saturated rings. The van der Waals surface area contributed by atoms with Gasteiger partial charge in [0.1, 0.15) is 0 Å². The van der Waals surface area contributed by atoms with Crippen LogP contribution in [0.2, 0.25) is 20.1 Å². The van der Waals surface area contributed by atoms with Gasteiger partial charge in [0.2, 0.25) is 5.88 Å². The van der Waals surface area contributed by atoms with Gasteiger partial charge in [0, 0.05) is 32.9 Å². The van der Waals surface area contributed by atoms with Crippen molar-refractivity contribution in [2.75, 3.05) is 0 Å². The predicted octanol–water partition coefficient (Wildman–Crippen LogP) is 6.09. The average molecular weight is 574 g/mol. The fraction of sp³-hybridized carbons (Fsp3) is 0.273. The van der Waals surface area contributed by atoms with Gasteiger partial charge in [0.25, 0.3) is 17.4 Å². The Morgan fingerprint density at radius 1 is 0.657 bits per heavy atom. The van der Waals surface area contributed by atoms with Crippen LogP contribution in [0.5, 0.6) is 5.88 Å². The number of aromatic hydroxyl groups is 1. The van der Waals surface area contributed by atoms with Crippen molar-refractivity contribution in [3.63, 3.8) is 0 Å². The Morgan fingerprint density at radius 3 is 1.43 bits per heavy atom. The van der Waals surface area contributed by atoms with Gasteiger partial charge in [-0.05, 0) is 47.5 Å². The summed E-state index contributed by atoms with van der Waals surface area (Å²) in [5.74, 6) is -8.39. The molecule has 3 rings (SSSR count). The number of nitrogens with zero attached hydrogens (tertiary/aromatic N) is 2. The molecule has 0 saturated heterocycles. The Morgan fingerprint density at radius 2 is 1.03 bits per heavy atom. The lowest BCUT2D eigenvalue weighted by atomic mass is 10.1. The number of alkyl halides is 4. The van der Waals surface area contributed by atoms with Crippen LogP contribution >= 0.6 is 46.4 Å². The van der Waals surface area contributed by atoms with E-state index in [4.69, 9.17) is 46.4 Å². The molecule has 0 spiro atoms. The molecule has 13 heteroatoms. The maximum atomic E-state index is 14.7. The highest BCUT2D eigenvalue weighted by molar-refractivity contribution is 6.35. The van der Waals surface area contributed by atoms with Gasteiger partial charge in [0.15, 0.2) is 0 Å². The lowest BCUT2D eigenvalue weighted by Gasteiger charge is -2.21. The van der Waals surface area contributed by atoms with Crippen molar-refractivity contribution in [2.24, 2.45) is 0 Å².